The molecule has 0 aliphatic rings. The number of nitrogens with zero attached hydrogens (tertiary/aromatic N) is 5. The second-order valence-corrected chi connectivity index (χ2v) is 5.44. The number of sulfonamides is 1. The summed E-state index contributed by atoms with van der Waals surface area (Å²) in [6.07, 6.45) is 3.57. The minimum Gasteiger partial charge on any atom is -0.383 e. The van der Waals surface area contributed by atoms with Crippen molar-refractivity contribution in [1.29, 1.82) is 0 Å². The minimum absolute atomic E-state index is 0.0312. The van der Waals surface area contributed by atoms with E-state index in [1.807, 2.05) is 0 Å². The lowest BCUT2D eigenvalue weighted by atomic mass is 10.6. The summed E-state index contributed by atoms with van der Waals surface area (Å²) in [6.45, 7) is -0.211. The van der Waals surface area contributed by atoms with Crippen LogP contribution in [0.1, 0.15) is 4.79 Å². The predicted molar refractivity (Wildman–Crippen MR) is 65.8 cm³/mol. The highest BCUT2D eigenvalue weighted by atomic mass is 32.2. The predicted octanol–water partition coefficient (Wildman–Crippen LogP) is -1.23. The first kappa shape index (κ1) is 13.0. The summed E-state index contributed by atoms with van der Waals surface area (Å²) in [5, 5.41) is 11.3. The Morgan fingerprint density at radius 3 is 2.79 bits per heavy atom. The highest BCUT2D eigenvalue weighted by Gasteiger charge is 2.12. The molecule has 0 saturated carbocycles. The van der Waals surface area contributed by atoms with Crippen molar-refractivity contribution in [2.75, 3.05) is 16.7 Å². The maximum atomic E-state index is 11.8. The van der Waals surface area contributed by atoms with Gasteiger partial charge in [0.05, 0.1) is 18.6 Å². The van der Waals surface area contributed by atoms with Gasteiger partial charge in [-0.2, -0.15) is 19.7 Å². The average molecular weight is 285 g/mol. The van der Waals surface area contributed by atoms with Gasteiger partial charge in [0.2, 0.25) is 10.0 Å². The number of aromatic nitrogens is 5. The molecule has 0 saturated heterocycles. The van der Waals surface area contributed by atoms with Gasteiger partial charge in [0, 0.05) is 6.07 Å². The Bertz CT molecular complexity index is 702. The summed E-state index contributed by atoms with van der Waals surface area (Å²) in [4.78, 5) is 12.8. The Morgan fingerprint density at radius 2 is 2.21 bits per heavy atom. The molecule has 19 heavy (non-hydrogen) atoms. The van der Waals surface area contributed by atoms with Crippen LogP contribution in [0.5, 0.6) is 0 Å². The molecule has 0 atom stereocenters. The second kappa shape index (κ2) is 4.68. The Kier molecular flexibility index (Phi) is 3.21. The van der Waals surface area contributed by atoms with E-state index < -0.39 is 15.9 Å². The number of rotatable bonds is 4. The molecule has 0 aromatic carbocycles. The summed E-state index contributed by atoms with van der Waals surface area (Å²) in [7, 11) is -3.43. The van der Waals surface area contributed by atoms with E-state index in [0.717, 1.165) is 15.7 Å². The Morgan fingerprint density at radius 1 is 1.47 bits per heavy atom. The summed E-state index contributed by atoms with van der Waals surface area (Å²) in [5.74, 6) is -0.209. The average Bonchev–Trinajstić information content (AvgIpc) is 2.85. The molecular formula is C8H11N7O3S. The van der Waals surface area contributed by atoms with Crippen LogP contribution in [-0.2, 0) is 16.6 Å². The third kappa shape index (κ3) is 3.28. The maximum Gasteiger partial charge on any atom is 0.272 e. The third-order valence-corrected chi connectivity index (χ3v) is 2.59. The van der Waals surface area contributed by atoms with Gasteiger partial charge < -0.3 is 5.73 Å². The van der Waals surface area contributed by atoms with E-state index in [1.54, 1.807) is 0 Å². The Balaban J connectivity index is 2.09. The molecule has 2 aromatic rings. The number of hydrogen-bond donors (Lipinski definition) is 2. The fourth-order valence-electron chi connectivity index (χ4n) is 1.32. The molecule has 2 aromatic heterocycles. The number of carbonyl (C=O) groups excluding carboxylic acids is 1. The van der Waals surface area contributed by atoms with Gasteiger partial charge in [-0.25, -0.2) is 8.42 Å². The quantitative estimate of drug-likeness (QED) is 0.717. The van der Waals surface area contributed by atoms with Crippen LogP contribution in [0.3, 0.4) is 0 Å². The van der Waals surface area contributed by atoms with E-state index in [-0.39, 0.29) is 18.2 Å². The lowest BCUT2D eigenvalue weighted by Crippen LogP contribution is -2.22. The van der Waals surface area contributed by atoms with Crippen molar-refractivity contribution in [2.45, 2.75) is 6.54 Å². The lowest BCUT2D eigenvalue weighted by Gasteiger charge is -2.01. The van der Waals surface area contributed by atoms with Crippen molar-refractivity contribution >= 4 is 27.6 Å². The van der Waals surface area contributed by atoms with Crippen LogP contribution in [0.4, 0.5) is 11.6 Å². The molecular weight excluding hydrogens is 274 g/mol. The van der Waals surface area contributed by atoms with Crippen molar-refractivity contribution in [3.8, 4) is 0 Å². The smallest absolute Gasteiger partial charge is 0.272 e. The van der Waals surface area contributed by atoms with Gasteiger partial charge in [-0.15, -0.1) is 5.10 Å². The van der Waals surface area contributed by atoms with E-state index in [0.29, 0.717) is 0 Å². The first-order chi connectivity index (χ1) is 8.85. The standard InChI is InChI=1S/C8H11N7O3S/c1-19(17,18)13-7-4-11-14(12-7)5-8(16)15-6(9)2-3-10-15/h2-4H,5,9H2,1H3,(H,12,13). The fraction of sp³-hybridized carbons (Fsp3) is 0.250. The molecule has 2 rings (SSSR count). The zero-order valence-corrected chi connectivity index (χ0v) is 10.7. The van der Waals surface area contributed by atoms with Gasteiger partial charge in [-0.05, 0) is 0 Å². The molecule has 0 fully saturated rings. The molecule has 0 amide bonds. The lowest BCUT2D eigenvalue weighted by molar-refractivity contribution is 0.0867. The molecule has 0 aliphatic heterocycles. The molecule has 0 aliphatic carbocycles. The van der Waals surface area contributed by atoms with Gasteiger partial charge in [0.1, 0.15) is 12.4 Å². The number of nitrogens with one attached hydrogen (secondary N) is 1. The summed E-state index contributed by atoms with van der Waals surface area (Å²) >= 11 is 0. The van der Waals surface area contributed by atoms with Crippen molar-refractivity contribution in [3.63, 3.8) is 0 Å². The maximum absolute atomic E-state index is 11.8. The van der Waals surface area contributed by atoms with E-state index in [1.165, 1.54) is 18.5 Å². The van der Waals surface area contributed by atoms with E-state index in [9.17, 15) is 13.2 Å². The van der Waals surface area contributed by atoms with Crippen LogP contribution in [0, 0.1) is 0 Å². The molecule has 102 valence electrons. The van der Waals surface area contributed by atoms with Crippen LogP contribution in [0.25, 0.3) is 0 Å². The first-order valence-electron chi connectivity index (χ1n) is 5.06. The first-order valence-corrected chi connectivity index (χ1v) is 6.95. The molecule has 2 heterocycles. The van der Waals surface area contributed by atoms with E-state index >= 15 is 0 Å². The fourth-order valence-corrected chi connectivity index (χ4v) is 1.79. The SMILES string of the molecule is CS(=O)(=O)Nc1cnn(CC(=O)n2nccc2N)n1. The summed E-state index contributed by atoms with van der Waals surface area (Å²) in [5.41, 5.74) is 5.52. The van der Waals surface area contributed by atoms with Crippen LogP contribution in [0.15, 0.2) is 18.5 Å². The van der Waals surface area contributed by atoms with Gasteiger partial charge in [-0.3, -0.25) is 9.52 Å². The van der Waals surface area contributed by atoms with E-state index in [2.05, 4.69) is 20.0 Å². The highest BCUT2D eigenvalue weighted by molar-refractivity contribution is 7.92. The molecule has 0 spiro atoms. The number of nitrogens with two attached hydrogens (primary N) is 1. The number of anilines is 2. The third-order valence-electron chi connectivity index (χ3n) is 2.01. The number of hydrogen-bond acceptors (Lipinski definition) is 7. The normalized spacial score (nSPS) is 11.4. The van der Waals surface area contributed by atoms with Gasteiger partial charge in [0.15, 0.2) is 5.82 Å². The Labute approximate surface area is 108 Å². The number of nitrogen functional groups attached to an aromatic ring is 1. The highest BCUT2D eigenvalue weighted by Crippen LogP contribution is 2.03. The monoisotopic (exact) mass is 285 g/mol. The van der Waals surface area contributed by atoms with Gasteiger partial charge in [0.25, 0.3) is 5.91 Å². The van der Waals surface area contributed by atoms with Crippen molar-refractivity contribution in [3.05, 3.63) is 18.5 Å². The minimum atomic E-state index is -3.43. The molecule has 10 nitrogen and oxygen atoms in total. The molecule has 0 bridgehead atoms. The second-order valence-electron chi connectivity index (χ2n) is 3.70. The van der Waals surface area contributed by atoms with Crippen LogP contribution in [-0.4, -0.2) is 45.4 Å². The molecule has 0 radical (unpaired) electrons. The summed E-state index contributed by atoms with van der Waals surface area (Å²) in [6, 6.07) is 1.48. The van der Waals surface area contributed by atoms with Gasteiger partial charge >= 0.3 is 0 Å². The van der Waals surface area contributed by atoms with Crippen molar-refractivity contribution in [1.82, 2.24) is 24.8 Å². The Hall–Kier alpha value is -2.43. The topological polar surface area (TPSA) is 138 Å². The summed E-state index contributed by atoms with van der Waals surface area (Å²) < 4.78 is 25.1. The van der Waals surface area contributed by atoms with Crippen LogP contribution >= 0.6 is 0 Å². The van der Waals surface area contributed by atoms with E-state index in [4.69, 9.17) is 5.73 Å². The van der Waals surface area contributed by atoms with Crippen LogP contribution < -0.4 is 10.5 Å². The largest absolute Gasteiger partial charge is 0.383 e. The van der Waals surface area contributed by atoms with Crippen molar-refractivity contribution < 1.29 is 13.2 Å². The molecule has 11 heteroatoms. The molecule has 3 N–H and O–H groups in total. The van der Waals surface area contributed by atoms with Gasteiger partial charge in [-0.1, -0.05) is 0 Å². The zero-order chi connectivity index (χ0) is 14.0. The molecule has 0 unspecified atom stereocenters. The zero-order valence-electron chi connectivity index (χ0n) is 9.89. The van der Waals surface area contributed by atoms with Crippen LogP contribution in [0.2, 0.25) is 0 Å². The number of carbonyl (C=O) groups is 1. The van der Waals surface area contributed by atoms with Crippen molar-refractivity contribution in [2.24, 2.45) is 0 Å².